The number of pyridine rings is 2. The first-order chi connectivity index (χ1) is 16.5. The maximum absolute atomic E-state index is 15.4. The van der Waals surface area contributed by atoms with E-state index in [4.69, 9.17) is 4.74 Å². The van der Waals surface area contributed by atoms with Gasteiger partial charge < -0.3 is 14.7 Å². The van der Waals surface area contributed by atoms with Crippen molar-refractivity contribution in [1.29, 1.82) is 0 Å². The predicted octanol–water partition coefficient (Wildman–Crippen LogP) is 5.08. The van der Waals surface area contributed by atoms with E-state index in [0.717, 1.165) is 48.9 Å². The minimum absolute atomic E-state index is 0.0228. The standard InChI is InChI=1S/C27H32FN3O3/c1-34-21-8-10-26-23(17-21)22(11-14-30-26)25(28)9-7-19-12-16-31(18-24(19)27(32)33)15-4-6-20-5-2-3-13-29-20/h2-3,5,8,10-11,13-14,17,19,24-25H,4,6-7,9,12,15-16,18H2,1H3,(H,32,33)/t19-,24+,25?/m1/s1. The number of aliphatic carboxylic acids is 1. The van der Waals surface area contributed by atoms with E-state index in [9.17, 15) is 9.90 Å². The molecule has 0 radical (unpaired) electrons. The molecule has 1 fully saturated rings. The highest BCUT2D eigenvalue weighted by molar-refractivity contribution is 5.83. The lowest BCUT2D eigenvalue weighted by Crippen LogP contribution is -2.44. The number of fused-ring (bicyclic) bond motifs is 1. The number of carboxylic acid groups (broad SMARTS) is 1. The Balaban J connectivity index is 1.34. The van der Waals surface area contributed by atoms with Crippen molar-refractivity contribution >= 4 is 16.9 Å². The Morgan fingerprint density at radius 1 is 1.24 bits per heavy atom. The number of hydrogen-bond donors (Lipinski definition) is 1. The van der Waals surface area contributed by atoms with E-state index in [1.807, 2.05) is 36.4 Å². The summed E-state index contributed by atoms with van der Waals surface area (Å²) < 4.78 is 20.6. The fraction of sp³-hybridized carbons (Fsp3) is 0.444. The number of methoxy groups -OCH3 is 1. The number of likely N-dealkylation sites (tertiary alicyclic amines) is 1. The van der Waals surface area contributed by atoms with Crippen molar-refractivity contribution in [2.75, 3.05) is 26.7 Å². The minimum Gasteiger partial charge on any atom is -0.497 e. The van der Waals surface area contributed by atoms with Gasteiger partial charge in [-0.05, 0) is 93.1 Å². The molecule has 1 aromatic carbocycles. The van der Waals surface area contributed by atoms with Crippen LogP contribution in [0.25, 0.3) is 10.9 Å². The normalized spacial score (nSPS) is 19.7. The van der Waals surface area contributed by atoms with Crippen molar-refractivity contribution in [2.24, 2.45) is 11.8 Å². The molecule has 7 heteroatoms. The molecule has 4 rings (SSSR count). The number of carbonyl (C=O) groups is 1. The summed E-state index contributed by atoms with van der Waals surface area (Å²) in [5.74, 6) is -0.611. The summed E-state index contributed by atoms with van der Waals surface area (Å²) in [4.78, 5) is 22.9. The lowest BCUT2D eigenvalue weighted by molar-refractivity contribution is -0.146. The highest BCUT2D eigenvalue weighted by Crippen LogP contribution is 2.35. The van der Waals surface area contributed by atoms with Crippen LogP contribution in [0.4, 0.5) is 4.39 Å². The molecular formula is C27H32FN3O3. The predicted molar refractivity (Wildman–Crippen MR) is 130 cm³/mol. The van der Waals surface area contributed by atoms with Crippen LogP contribution in [0.2, 0.25) is 0 Å². The molecule has 180 valence electrons. The van der Waals surface area contributed by atoms with Gasteiger partial charge in [-0.15, -0.1) is 0 Å². The summed E-state index contributed by atoms with van der Waals surface area (Å²) in [7, 11) is 1.58. The highest BCUT2D eigenvalue weighted by atomic mass is 19.1. The van der Waals surface area contributed by atoms with E-state index < -0.39 is 18.1 Å². The quantitative estimate of drug-likeness (QED) is 0.450. The van der Waals surface area contributed by atoms with Crippen molar-refractivity contribution in [3.05, 3.63) is 66.1 Å². The number of nitrogens with zero attached hydrogens (tertiary/aromatic N) is 3. The number of alkyl halides is 1. The summed E-state index contributed by atoms with van der Waals surface area (Å²) in [6.45, 7) is 2.22. The molecule has 1 saturated heterocycles. The summed E-state index contributed by atoms with van der Waals surface area (Å²) in [5, 5.41) is 10.6. The molecule has 3 heterocycles. The van der Waals surface area contributed by atoms with Gasteiger partial charge in [0, 0.05) is 30.0 Å². The van der Waals surface area contributed by atoms with Gasteiger partial charge in [0.2, 0.25) is 0 Å². The third-order valence-electron chi connectivity index (χ3n) is 6.90. The largest absolute Gasteiger partial charge is 0.497 e. The lowest BCUT2D eigenvalue weighted by atomic mass is 9.81. The maximum atomic E-state index is 15.4. The van der Waals surface area contributed by atoms with Gasteiger partial charge >= 0.3 is 5.97 Å². The molecule has 0 bridgehead atoms. The molecule has 0 saturated carbocycles. The number of benzene rings is 1. The van der Waals surface area contributed by atoms with Crippen LogP contribution in [0.5, 0.6) is 5.75 Å². The fourth-order valence-corrected chi connectivity index (χ4v) is 4.99. The zero-order valence-electron chi connectivity index (χ0n) is 19.6. The van der Waals surface area contributed by atoms with E-state index in [1.165, 1.54) is 0 Å². The second-order valence-corrected chi connectivity index (χ2v) is 9.05. The van der Waals surface area contributed by atoms with Crippen molar-refractivity contribution in [3.8, 4) is 5.75 Å². The third-order valence-corrected chi connectivity index (χ3v) is 6.90. The lowest BCUT2D eigenvalue weighted by Gasteiger charge is -2.36. The molecular weight excluding hydrogens is 433 g/mol. The first-order valence-corrected chi connectivity index (χ1v) is 12.0. The SMILES string of the molecule is COc1ccc2nccc(C(F)CC[C@@H]3CCN(CCCc4ccccn4)C[C@@H]3C(=O)O)c2c1. The van der Waals surface area contributed by atoms with Crippen LogP contribution in [0.1, 0.15) is 43.1 Å². The number of aromatic nitrogens is 2. The number of halogens is 1. The molecule has 0 amide bonds. The number of ether oxygens (including phenoxy) is 1. The third kappa shape index (κ3) is 5.89. The zero-order chi connectivity index (χ0) is 23.9. The van der Waals surface area contributed by atoms with Crippen LogP contribution < -0.4 is 4.74 Å². The Kier molecular flexibility index (Phi) is 8.06. The van der Waals surface area contributed by atoms with Crippen molar-refractivity contribution in [3.63, 3.8) is 0 Å². The molecule has 1 unspecified atom stereocenters. The summed E-state index contributed by atoms with van der Waals surface area (Å²) in [6.07, 6.45) is 5.69. The molecule has 3 aromatic rings. The Bertz CT molecular complexity index is 1090. The van der Waals surface area contributed by atoms with Crippen LogP contribution in [0, 0.1) is 11.8 Å². The highest BCUT2D eigenvalue weighted by Gasteiger charge is 2.34. The van der Waals surface area contributed by atoms with Crippen molar-refractivity contribution in [1.82, 2.24) is 14.9 Å². The number of piperidine rings is 1. The van der Waals surface area contributed by atoms with Gasteiger partial charge in [0.15, 0.2) is 0 Å². The smallest absolute Gasteiger partial charge is 0.308 e. The molecule has 3 atom stereocenters. The average molecular weight is 466 g/mol. The van der Waals surface area contributed by atoms with E-state index >= 15 is 4.39 Å². The Labute approximate surface area is 199 Å². The molecule has 6 nitrogen and oxygen atoms in total. The van der Waals surface area contributed by atoms with E-state index in [1.54, 1.807) is 25.6 Å². The second-order valence-electron chi connectivity index (χ2n) is 9.05. The van der Waals surface area contributed by atoms with Crippen LogP contribution in [0.3, 0.4) is 0 Å². The number of rotatable bonds is 10. The Morgan fingerprint density at radius 2 is 2.12 bits per heavy atom. The first-order valence-electron chi connectivity index (χ1n) is 12.0. The minimum atomic E-state index is -1.18. The maximum Gasteiger partial charge on any atom is 0.308 e. The number of hydrogen-bond acceptors (Lipinski definition) is 5. The van der Waals surface area contributed by atoms with Gasteiger partial charge in [0.05, 0.1) is 18.5 Å². The molecule has 0 aliphatic carbocycles. The Hall–Kier alpha value is -3.06. The molecule has 1 N–H and O–H groups in total. The van der Waals surface area contributed by atoms with Crippen LogP contribution >= 0.6 is 0 Å². The van der Waals surface area contributed by atoms with Gasteiger partial charge in [-0.2, -0.15) is 0 Å². The summed E-state index contributed by atoms with van der Waals surface area (Å²) in [6, 6.07) is 13.1. The summed E-state index contributed by atoms with van der Waals surface area (Å²) in [5.41, 5.74) is 2.37. The van der Waals surface area contributed by atoms with Gasteiger partial charge in [0.1, 0.15) is 11.9 Å². The van der Waals surface area contributed by atoms with Gasteiger partial charge in [-0.25, -0.2) is 4.39 Å². The van der Waals surface area contributed by atoms with Crippen molar-refractivity contribution in [2.45, 2.75) is 38.3 Å². The molecule has 0 spiro atoms. The van der Waals surface area contributed by atoms with Crippen molar-refractivity contribution < 1.29 is 19.0 Å². The molecule has 34 heavy (non-hydrogen) atoms. The number of carboxylic acids is 1. The fourth-order valence-electron chi connectivity index (χ4n) is 4.99. The van der Waals surface area contributed by atoms with E-state index in [2.05, 4.69) is 14.9 Å². The topological polar surface area (TPSA) is 75.5 Å². The first kappa shape index (κ1) is 24.1. The Morgan fingerprint density at radius 3 is 2.88 bits per heavy atom. The number of aryl methyl sites for hydroxylation is 1. The van der Waals surface area contributed by atoms with Gasteiger partial charge in [-0.1, -0.05) is 6.07 Å². The molecule has 1 aliphatic rings. The van der Waals surface area contributed by atoms with E-state index in [-0.39, 0.29) is 5.92 Å². The van der Waals surface area contributed by atoms with Crippen LogP contribution in [-0.2, 0) is 11.2 Å². The monoisotopic (exact) mass is 465 g/mol. The molecule has 2 aromatic heterocycles. The van der Waals surface area contributed by atoms with Gasteiger partial charge in [-0.3, -0.25) is 14.8 Å². The summed E-state index contributed by atoms with van der Waals surface area (Å²) >= 11 is 0. The average Bonchev–Trinajstić information content (AvgIpc) is 2.87. The zero-order valence-corrected chi connectivity index (χ0v) is 19.6. The molecule has 1 aliphatic heterocycles. The van der Waals surface area contributed by atoms with E-state index in [0.29, 0.717) is 30.7 Å². The second kappa shape index (κ2) is 11.4. The van der Waals surface area contributed by atoms with Crippen LogP contribution in [-0.4, -0.2) is 52.7 Å². The van der Waals surface area contributed by atoms with Gasteiger partial charge in [0.25, 0.3) is 0 Å². The van der Waals surface area contributed by atoms with Crippen LogP contribution in [0.15, 0.2) is 54.9 Å².